The zero-order valence-electron chi connectivity index (χ0n) is 11.4. The molecule has 1 aromatic heterocycles. The zero-order valence-corrected chi connectivity index (χ0v) is 11.4. The van der Waals surface area contributed by atoms with E-state index in [9.17, 15) is 9.90 Å². The molecule has 1 aliphatic heterocycles. The Morgan fingerprint density at radius 2 is 2.42 bits per heavy atom. The lowest BCUT2D eigenvalue weighted by Crippen LogP contribution is -2.40. The number of methoxy groups -OCH3 is 1. The topological polar surface area (TPSA) is 85.6 Å². The maximum absolute atomic E-state index is 11.3. The van der Waals surface area contributed by atoms with Crippen LogP contribution in [0.3, 0.4) is 0 Å². The Kier molecular flexibility index (Phi) is 3.77. The smallest absolute Gasteiger partial charge is 0.341 e. The van der Waals surface area contributed by atoms with Gasteiger partial charge in [-0.25, -0.2) is 4.79 Å². The first-order chi connectivity index (χ1) is 8.99. The van der Waals surface area contributed by atoms with Crippen molar-refractivity contribution in [1.82, 2.24) is 9.78 Å². The molecule has 1 atom stereocenters. The number of carboxylic acid groups (broad SMARTS) is 1. The molecule has 0 aromatic carbocycles. The summed E-state index contributed by atoms with van der Waals surface area (Å²) in [6, 6.07) is 0. The number of ether oxygens (including phenoxy) is 2. The second-order valence-corrected chi connectivity index (χ2v) is 4.78. The molecule has 2 heterocycles. The molecule has 0 spiro atoms. The number of carboxylic acids is 1. The van der Waals surface area contributed by atoms with E-state index in [2.05, 4.69) is 10.4 Å². The van der Waals surface area contributed by atoms with Crippen LogP contribution in [-0.4, -0.2) is 53.3 Å². The molecule has 19 heavy (non-hydrogen) atoms. The highest BCUT2D eigenvalue weighted by molar-refractivity contribution is 5.94. The number of hydrogen-bond acceptors (Lipinski definition) is 5. The van der Waals surface area contributed by atoms with Crippen molar-refractivity contribution >= 4 is 11.8 Å². The average Bonchev–Trinajstić information content (AvgIpc) is 2.92. The lowest BCUT2D eigenvalue weighted by molar-refractivity contribution is -0.00631. The number of aromatic carboxylic acids is 1. The van der Waals surface area contributed by atoms with E-state index in [1.807, 2.05) is 0 Å². The van der Waals surface area contributed by atoms with Crippen molar-refractivity contribution in [3.05, 3.63) is 11.3 Å². The summed E-state index contributed by atoms with van der Waals surface area (Å²) in [5, 5.41) is 16.5. The zero-order chi connectivity index (χ0) is 14.0. The summed E-state index contributed by atoms with van der Waals surface area (Å²) in [5.41, 5.74) is 0.299. The predicted octanol–water partition coefficient (Wildman–Crippen LogP) is 0.644. The highest BCUT2D eigenvalue weighted by Gasteiger charge is 2.35. The fourth-order valence-electron chi connectivity index (χ4n) is 2.32. The number of rotatable bonds is 5. The molecule has 0 aliphatic carbocycles. The predicted molar refractivity (Wildman–Crippen MR) is 68.6 cm³/mol. The molecule has 2 rings (SSSR count). The summed E-state index contributed by atoms with van der Waals surface area (Å²) in [6.07, 6.45) is 0.787. The third kappa shape index (κ3) is 2.57. The minimum absolute atomic E-state index is 0.202. The van der Waals surface area contributed by atoms with Crippen LogP contribution < -0.4 is 5.32 Å². The van der Waals surface area contributed by atoms with Crippen LogP contribution in [0.4, 0.5) is 5.82 Å². The van der Waals surface area contributed by atoms with E-state index >= 15 is 0 Å². The van der Waals surface area contributed by atoms with Gasteiger partial charge in [0.2, 0.25) is 0 Å². The first-order valence-electron chi connectivity index (χ1n) is 6.13. The Labute approximate surface area is 111 Å². The van der Waals surface area contributed by atoms with Gasteiger partial charge < -0.3 is 19.9 Å². The monoisotopic (exact) mass is 269 g/mol. The van der Waals surface area contributed by atoms with E-state index < -0.39 is 11.6 Å². The first-order valence-corrected chi connectivity index (χ1v) is 6.13. The fraction of sp³-hybridized carbons (Fsp3) is 0.667. The van der Waals surface area contributed by atoms with Gasteiger partial charge in [-0.05, 0) is 6.92 Å². The van der Waals surface area contributed by atoms with Crippen LogP contribution in [0.25, 0.3) is 0 Å². The summed E-state index contributed by atoms with van der Waals surface area (Å²) in [5.74, 6) is -0.490. The number of aryl methyl sites for hydroxylation is 2. The third-order valence-electron chi connectivity index (χ3n) is 3.51. The maximum atomic E-state index is 11.3. The Morgan fingerprint density at radius 1 is 1.68 bits per heavy atom. The summed E-state index contributed by atoms with van der Waals surface area (Å²) in [6.45, 7) is 3.34. The normalized spacial score (nSPS) is 22.7. The lowest BCUT2D eigenvalue weighted by atomic mass is 10.0. The quantitative estimate of drug-likeness (QED) is 0.816. The lowest BCUT2D eigenvalue weighted by Gasteiger charge is -2.26. The van der Waals surface area contributed by atoms with Gasteiger partial charge >= 0.3 is 5.97 Å². The first kappa shape index (κ1) is 13.8. The Morgan fingerprint density at radius 3 is 2.95 bits per heavy atom. The van der Waals surface area contributed by atoms with Gasteiger partial charge in [-0.3, -0.25) is 4.68 Å². The van der Waals surface area contributed by atoms with Crippen molar-refractivity contribution < 1.29 is 19.4 Å². The molecule has 7 nitrogen and oxygen atoms in total. The van der Waals surface area contributed by atoms with E-state index in [-0.39, 0.29) is 5.56 Å². The minimum Gasteiger partial charge on any atom is -0.477 e. The second-order valence-electron chi connectivity index (χ2n) is 4.78. The van der Waals surface area contributed by atoms with Gasteiger partial charge in [0.05, 0.1) is 12.3 Å². The van der Waals surface area contributed by atoms with Crippen molar-refractivity contribution in [1.29, 1.82) is 0 Å². The third-order valence-corrected chi connectivity index (χ3v) is 3.51. The van der Waals surface area contributed by atoms with Crippen LogP contribution in [0.1, 0.15) is 22.5 Å². The summed E-state index contributed by atoms with van der Waals surface area (Å²) in [7, 11) is 3.36. The van der Waals surface area contributed by atoms with Gasteiger partial charge in [-0.15, -0.1) is 0 Å². The van der Waals surface area contributed by atoms with Crippen LogP contribution in [0.15, 0.2) is 0 Å². The SMILES string of the molecule is COC1(CNc2c(C(=O)O)c(C)nn2C)CCOC1. The van der Waals surface area contributed by atoms with E-state index in [1.165, 1.54) is 4.68 Å². The molecule has 1 aliphatic rings. The highest BCUT2D eigenvalue weighted by Crippen LogP contribution is 2.25. The van der Waals surface area contributed by atoms with Crippen molar-refractivity contribution in [3.8, 4) is 0 Å². The molecule has 0 amide bonds. The number of hydrogen-bond donors (Lipinski definition) is 2. The Balaban J connectivity index is 2.17. The van der Waals surface area contributed by atoms with Gasteiger partial charge in [-0.2, -0.15) is 5.10 Å². The van der Waals surface area contributed by atoms with Crippen molar-refractivity contribution in [2.75, 3.05) is 32.2 Å². The van der Waals surface area contributed by atoms with Gasteiger partial charge in [0.15, 0.2) is 0 Å². The molecular formula is C12H19N3O4. The number of anilines is 1. The molecule has 0 radical (unpaired) electrons. The summed E-state index contributed by atoms with van der Waals surface area (Å²) < 4.78 is 12.4. The molecule has 7 heteroatoms. The van der Waals surface area contributed by atoms with Crippen LogP contribution in [0.5, 0.6) is 0 Å². The van der Waals surface area contributed by atoms with Crippen molar-refractivity contribution in [3.63, 3.8) is 0 Å². The summed E-state index contributed by atoms with van der Waals surface area (Å²) >= 11 is 0. The standard InChI is InChI=1S/C12H19N3O4/c1-8-9(11(16)17)10(15(2)14-8)13-6-12(18-3)4-5-19-7-12/h13H,4-7H2,1-3H3,(H,16,17). The largest absolute Gasteiger partial charge is 0.477 e. The van der Waals surface area contributed by atoms with Crippen LogP contribution in [0, 0.1) is 6.92 Å². The Bertz CT molecular complexity index is 478. The Hall–Kier alpha value is -1.60. The second kappa shape index (κ2) is 5.18. The van der Waals surface area contributed by atoms with Crippen LogP contribution in [0.2, 0.25) is 0 Å². The maximum Gasteiger partial charge on any atom is 0.341 e. The number of aromatic nitrogens is 2. The van der Waals surface area contributed by atoms with E-state index in [0.717, 1.165) is 6.42 Å². The molecular weight excluding hydrogens is 250 g/mol. The van der Waals surface area contributed by atoms with E-state index in [4.69, 9.17) is 9.47 Å². The van der Waals surface area contributed by atoms with Gasteiger partial charge in [0.25, 0.3) is 0 Å². The molecule has 1 aromatic rings. The number of nitrogens with zero attached hydrogens (tertiary/aromatic N) is 2. The van der Waals surface area contributed by atoms with Gasteiger partial charge in [-0.1, -0.05) is 0 Å². The molecule has 106 valence electrons. The molecule has 0 saturated carbocycles. The minimum atomic E-state index is -0.984. The fourth-order valence-corrected chi connectivity index (χ4v) is 2.32. The molecule has 1 fully saturated rings. The van der Waals surface area contributed by atoms with Gasteiger partial charge in [0.1, 0.15) is 17.0 Å². The highest BCUT2D eigenvalue weighted by atomic mass is 16.5. The van der Waals surface area contributed by atoms with E-state index in [1.54, 1.807) is 21.1 Å². The number of carbonyl (C=O) groups is 1. The average molecular weight is 269 g/mol. The van der Waals surface area contributed by atoms with Crippen LogP contribution in [-0.2, 0) is 16.5 Å². The van der Waals surface area contributed by atoms with Gasteiger partial charge in [0, 0.05) is 33.7 Å². The van der Waals surface area contributed by atoms with Crippen molar-refractivity contribution in [2.24, 2.45) is 7.05 Å². The van der Waals surface area contributed by atoms with Crippen molar-refractivity contribution in [2.45, 2.75) is 18.9 Å². The molecule has 0 bridgehead atoms. The molecule has 1 saturated heterocycles. The molecule has 2 N–H and O–H groups in total. The van der Waals surface area contributed by atoms with E-state index in [0.29, 0.717) is 31.3 Å². The molecule has 1 unspecified atom stereocenters. The number of nitrogens with one attached hydrogen (secondary N) is 1. The summed E-state index contributed by atoms with van der Waals surface area (Å²) in [4.78, 5) is 11.3. The van der Waals surface area contributed by atoms with Crippen LogP contribution >= 0.6 is 0 Å².